The maximum Gasteiger partial charge on any atom is 0.303 e. The van der Waals surface area contributed by atoms with E-state index in [9.17, 15) is 24.0 Å². The number of nitrogens with zero attached hydrogens (tertiary/aromatic N) is 2. The van der Waals surface area contributed by atoms with Gasteiger partial charge in [0.05, 0.1) is 12.6 Å². The first-order chi connectivity index (χ1) is 18.7. The Morgan fingerprint density at radius 3 is 2.33 bits per heavy atom. The second-order valence-electron chi connectivity index (χ2n) is 9.50. The van der Waals surface area contributed by atoms with E-state index in [4.69, 9.17) is 5.11 Å². The van der Waals surface area contributed by atoms with Crippen molar-refractivity contribution in [2.45, 2.75) is 45.3 Å². The van der Waals surface area contributed by atoms with Crippen molar-refractivity contribution in [2.24, 2.45) is 5.92 Å². The number of fused-ring (bicyclic) bond motifs is 1. The van der Waals surface area contributed by atoms with Crippen LogP contribution in [0, 0.1) is 5.92 Å². The number of benzene rings is 2. The fraction of sp³-hybridized carbons (Fsp3) is 0.310. The van der Waals surface area contributed by atoms with Gasteiger partial charge in [-0.15, -0.1) is 0 Å². The highest BCUT2D eigenvalue weighted by atomic mass is 16.4. The molecule has 2 aromatic carbocycles. The standard InChI is InChI=1S/C29H32N4O6/c1-19(2)26(32-28(38)27-23-11-7-6-10-21(23)14-15-30-27)29(39)33(16-20-8-4-3-5-9-20)17-24(35)31-22(18-34)12-13-25(36)37/h3-11,14-15,18-19,22,26H,12-13,16-17H2,1-2H3,(H,31,35)(H,32,38)(H,36,37). The molecule has 2 atom stereocenters. The minimum absolute atomic E-state index is 0.0695. The fourth-order valence-electron chi connectivity index (χ4n) is 4.11. The molecule has 1 aromatic heterocycles. The number of aliphatic carboxylic acids is 1. The van der Waals surface area contributed by atoms with Crippen LogP contribution in [0.2, 0.25) is 0 Å². The summed E-state index contributed by atoms with van der Waals surface area (Å²) in [7, 11) is 0. The van der Waals surface area contributed by atoms with E-state index in [1.54, 1.807) is 44.2 Å². The van der Waals surface area contributed by atoms with Crippen LogP contribution >= 0.6 is 0 Å². The van der Waals surface area contributed by atoms with E-state index in [-0.39, 0.29) is 31.0 Å². The van der Waals surface area contributed by atoms with Crippen LogP contribution in [0.25, 0.3) is 10.8 Å². The van der Waals surface area contributed by atoms with E-state index >= 15 is 0 Å². The molecule has 0 aliphatic rings. The topological polar surface area (TPSA) is 146 Å². The third-order valence-electron chi connectivity index (χ3n) is 6.15. The van der Waals surface area contributed by atoms with Gasteiger partial charge in [-0.1, -0.05) is 68.4 Å². The monoisotopic (exact) mass is 532 g/mol. The first-order valence-corrected chi connectivity index (χ1v) is 12.6. The molecule has 10 nitrogen and oxygen atoms in total. The zero-order chi connectivity index (χ0) is 28.4. The van der Waals surface area contributed by atoms with Gasteiger partial charge >= 0.3 is 5.97 Å². The molecular weight excluding hydrogens is 500 g/mol. The summed E-state index contributed by atoms with van der Waals surface area (Å²) in [6.07, 6.45) is 1.64. The smallest absolute Gasteiger partial charge is 0.303 e. The van der Waals surface area contributed by atoms with Gasteiger partial charge in [0, 0.05) is 24.5 Å². The van der Waals surface area contributed by atoms with Crippen molar-refractivity contribution in [1.82, 2.24) is 20.5 Å². The summed E-state index contributed by atoms with van der Waals surface area (Å²) in [6, 6.07) is 16.2. The number of amides is 3. The highest BCUT2D eigenvalue weighted by Gasteiger charge is 2.31. The van der Waals surface area contributed by atoms with Gasteiger partial charge in [-0.3, -0.25) is 24.2 Å². The van der Waals surface area contributed by atoms with Gasteiger partial charge in [0.25, 0.3) is 5.91 Å². The minimum atomic E-state index is -1.09. The number of hydrogen-bond acceptors (Lipinski definition) is 6. The van der Waals surface area contributed by atoms with E-state index in [0.717, 1.165) is 10.9 Å². The van der Waals surface area contributed by atoms with Crippen LogP contribution in [0.3, 0.4) is 0 Å². The lowest BCUT2D eigenvalue weighted by atomic mass is 10.0. The average Bonchev–Trinajstić information content (AvgIpc) is 2.93. The molecular formula is C29H32N4O6. The first kappa shape index (κ1) is 29.0. The highest BCUT2D eigenvalue weighted by molar-refractivity contribution is 6.06. The Bertz CT molecular complexity index is 1320. The fourth-order valence-corrected chi connectivity index (χ4v) is 4.11. The van der Waals surface area contributed by atoms with Gasteiger partial charge in [0.15, 0.2) is 0 Å². The maximum absolute atomic E-state index is 13.8. The quantitative estimate of drug-likeness (QED) is 0.287. The van der Waals surface area contributed by atoms with Crippen molar-refractivity contribution in [2.75, 3.05) is 6.54 Å². The van der Waals surface area contributed by atoms with Gasteiger partial charge in [-0.05, 0) is 29.4 Å². The van der Waals surface area contributed by atoms with Crippen LogP contribution < -0.4 is 10.6 Å². The molecule has 0 spiro atoms. The van der Waals surface area contributed by atoms with Crippen molar-refractivity contribution in [3.63, 3.8) is 0 Å². The number of carboxylic acids is 1. The minimum Gasteiger partial charge on any atom is -0.481 e. The predicted octanol–water partition coefficient (Wildman–Crippen LogP) is 2.57. The number of aromatic nitrogens is 1. The zero-order valence-electron chi connectivity index (χ0n) is 21.9. The third kappa shape index (κ3) is 8.19. The van der Waals surface area contributed by atoms with Crippen LogP contribution in [0.15, 0.2) is 66.9 Å². The normalized spacial score (nSPS) is 12.4. The van der Waals surface area contributed by atoms with Gasteiger partial charge in [-0.2, -0.15) is 0 Å². The molecule has 3 aromatic rings. The summed E-state index contributed by atoms with van der Waals surface area (Å²) in [5.74, 6) is -3.03. The van der Waals surface area contributed by atoms with Crippen molar-refractivity contribution in [3.8, 4) is 0 Å². The van der Waals surface area contributed by atoms with Crippen LogP contribution in [0.4, 0.5) is 0 Å². The van der Waals surface area contributed by atoms with Gasteiger partial charge < -0.3 is 25.4 Å². The Hall–Kier alpha value is -4.60. The molecule has 2 unspecified atom stereocenters. The second-order valence-corrected chi connectivity index (χ2v) is 9.50. The van der Waals surface area contributed by atoms with Crippen LogP contribution in [-0.4, -0.2) is 63.6 Å². The molecule has 0 aliphatic heterocycles. The maximum atomic E-state index is 13.8. The van der Waals surface area contributed by atoms with E-state index in [0.29, 0.717) is 11.7 Å². The van der Waals surface area contributed by atoms with Crippen LogP contribution in [0.5, 0.6) is 0 Å². The molecule has 0 bridgehead atoms. The van der Waals surface area contributed by atoms with E-state index in [1.165, 1.54) is 11.1 Å². The molecule has 3 amide bonds. The van der Waals surface area contributed by atoms with E-state index < -0.39 is 42.3 Å². The summed E-state index contributed by atoms with van der Waals surface area (Å²) in [4.78, 5) is 67.7. The van der Waals surface area contributed by atoms with Gasteiger partial charge in [-0.25, -0.2) is 0 Å². The predicted molar refractivity (Wildman–Crippen MR) is 145 cm³/mol. The second kappa shape index (κ2) is 13.8. The Labute approximate surface area is 226 Å². The number of carbonyl (C=O) groups excluding carboxylic acids is 4. The van der Waals surface area contributed by atoms with Gasteiger partial charge in [0.2, 0.25) is 11.8 Å². The summed E-state index contributed by atoms with van der Waals surface area (Å²) in [5.41, 5.74) is 0.951. The molecule has 39 heavy (non-hydrogen) atoms. The molecule has 10 heteroatoms. The number of pyridine rings is 1. The number of aldehydes is 1. The SMILES string of the molecule is CC(C)C(NC(=O)c1nccc2ccccc12)C(=O)N(CC(=O)NC(C=O)CCC(=O)O)Cc1ccccc1. The Morgan fingerprint density at radius 1 is 0.974 bits per heavy atom. The van der Waals surface area contributed by atoms with Crippen molar-refractivity contribution >= 4 is 40.7 Å². The summed E-state index contributed by atoms with van der Waals surface area (Å²) < 4.78 is 0. The summed E-state index contributed by atoms with van der Waals surface area (Å²) in [6.45, 7) is 3.26. The lowest BCUT2D eigenvalue weighted by molar-refractivity contribution is -0.139. The molecule has 0 saturated carbocycles. The van der Waals surface area contributed by atoms with Gasteiger partial charge in [0.1, 0.15) is 18.0 Å². The van der Waals surface area contributed by atoms with Crippen molar-refractivity contribution in [1.29, 1.82) is 0 Å². The van der Waals surface area contributed by atoms with E-state index in [2.05, 4.69) is 15.6 Å². The number of carboxylic acid groups (broad SMARTS) is 1. The molecule has 0 aliphatic carbocycles. The average molecular weight is 533 g/mol. The Balaban J connectivity index is 1.82. The lowest BCUT2D eigenvalue weighted by Crippen LogP contribution is -2.53. The molecule has 0 saturated heterocycles. The summed E-state index contributed by atoms with van der Waals surface area (Å²) >= 11 is 0. The third-order valence-corrected chi connectivity index (χ3v) is 6.15. The summed E-state index contributed by atoms with van der Waals surface area (Å²) in [5, 5.41) is 15.7. The number of nitrogens with one attached hydrogen (secondary N) is 2. The number of carbonyl (C=O) groups is 5. The molecule has 204 valence electrons. The number of hydrogen-bond donors (Lipinski definition) is 3. The highest BCUT2D eigenvalue weighted by Crippen LogP contribution is 2.18. The largest absolute Gasteiger partial charge is 0.481 e. The molecule has 0 radical (unpaired) electrons. The van der Waals surface area contributed by atoms with Crippen LogP contribution in [-0.2, 0) is 25.7 Å². The van der Waals surface area contributed by atoms with Crippen LogP contribution in [0.1, 0.15) is 42.7 Å². The van der Waals surface area contributed by atoms with Crippen molar-refractivity contribution < 1.29 is 29.1 Å². The molecule has 1 heterocycles. The van der Waals surface area contributed by atoms with Crippen molar-refractivity contribution in [3.05, 3.63) is 78.1 Å². The molecule has 3 rings (SSSR count). The number of rotatable bonds is 13. The molecule has 3 N–H and O–H groups in total. The first-order valence-electron chi connectivity index (χ1n) is 12.6. The Kier molecular flexibility index (Phi) is 10.3. The molecule has 0 fully saturated rings. The Morgan fingerprint density at radius 2 is 1.67 bits per heavy atom. The zero-order valence-corrected chi connectivity index (χ0v) is 21.9. The lowest BCUT2D eigenvalue weighted by Gasteiger charge is -2.30. The van der Waals surface area contributed by atoms with E-state index in [1.807, 2.05) is 30.3 Å².